The first-order valence-corrected chi connectivity index (χ1v) is 7.80. The predicted octanol–water partition coefficient (Wildman–Crippen LogP) is 5.05. The molecule has 1 heterocycles. The van der Waals surface area contributed by atoms with Crippen molar-refractivity contribution in [2.45, 2.75) is 33.6 Å². The summed E-state index contributed by atoms with van der Waals surface area (Å²) in [5, 5.41) is 6.26. The van der Waals surface area contributed by atoms with E-state index in [2.05, 4.69) is 43.2 Å². The first kappa shape index (κ1) is 14.7. The highest BCUT2D eigenvalue weighted by molar-refractivity contribution is 7.13. The third kappa shape index (κ3) is 3.25. The number of rotatable bonds is 5. The van der Waals surface area contributed by atoms with Crippen molar-refractivity contribution in [1.82, 2.24) is 4.98 Å². The fourth-order valence-electron chi connectivity index (χ4n) is 2.16. The number of nitrogens with one attached hydrogen (secondary N) is 1. The maximum Gasteiger partial charge on any atom is 0.123 e. The number of hydrogen-bond acceptors (Lipinski definition) is 4. The molecule has 0 aliphatic heterocycles. The van der Waals surface area contributed by atoms with Crippen molar-refractivity contribution >= 4 is 28.4 Å². The molecule has 4 heteroatoms. The molecule has 0 atom stereocenters. The van der Waals surface area contributed by atoms with Gasteiger partial charge in [-0.05, 0) is 38.0 Å². The van der Waals surface area contributed by atoms with E-state index in [1.54, 1.807) is 11.3 Å². The Kier molecular flexibility index (Phi) is 4.90. The van der Waals surface area contributed by atoms with Crippen LogP contribution in [0.3, 0.4) is 0 Å². The van der Waals surface area contributed by atoms with E-state index in [9.17, 15) is 0 Å². The molecule has 1 aromatic carbocycles. The molecule has 0 aliphatic rings. The summed E-state index contributed by atoms with van der Waals surface area (Å²) in [6.45, 7) is 6.39. The number of nitrogens with zero attached hydrogens (tertiary/aromatic N) is 2. The molecule has 0 aliphatic carbocycles. The number of thiazole rings is 1. The van der Waals surface area contributed by atoms with Crippen LogP contribution in [-0.2, 0) is 0 Å². The summed E-state index contributed by atoms with van der Waals surface area (Å²) < 4.78 is 0. The van der Waals surface area contributed by atoms with Crippen molar-refractivity contribution in [3.8, 4) is 10.6 Å². The van der Waals surface area contributed by atoms with E-state index in [-0.39, 0.29) is 0 Å². The molecule has 0 fully saturated rings. The summed E-state index contributed by atoms with van der Waals surface area (Å²) in [7, 11) is 1.93. The zero-order valence-corrected chi connectivity index (χ0v) is 13.3. The molecule has 0 radical (unpaired) electrons. The van der Waals surface area contributed by atoms with Gasteiger partial charge in [0, 0.05) is 35.6 Å². The van der Waals surface area contributed by atoms with Crippen molar-refractivity contribution in [1.29, 1.82) is 0 Å². The maximum atomic E-state index is 4.78. The number of hydrogen-bond donors (Lipinski definition) is 1. The van der Waals surface area contributed by atoms with E-state index in [0.717, 1.165) is 34.8 Å². The number of benzene rings is 1. The Morgan fingerprint density at radius 2 is 2.20 bits per heavy atom. The molecule has 0 bridgehead atoms. The van der Waals surface area contributed by atoms with Crippen LogP contribution in [0.15, 0.2) is 28.7 Å². The lowest BCUT2D eigenvalue weighted by Gasteiger charge is -2.11. The summed E-state index contributed by atoms with van der Waals surface area (Å²) in [5.41, 5.74) is 5.63. The highest BCUT2D eigenvalue weighted by Crippen LogP contribution is 2.35. The monoisotopic (exact) mass is 287 g/mol. The van der Waals surface area contributed by atoms with Gasteiger partial charge in [-0.25, -0.2) is 4.98 Å². The van der Waals surface area contributed by atoms with Crippen molar-refractivity contribution in [2.24, 2.45) is 4.99 Å². The van der Waals surface area contributed by atoms with Crippen molar-refractivity contribution in [3.63, 3.8) is 0 Å². The van der Waals surface area contributed by atoms with Gasteiger partial charge in [0.05, 0.1) is 5.69 Å². The Morgan fingerprint density at radius 1 is 1.40 bits per heavy atom. The van der Waals surface area contributed by atoms with Gasteiger partial charge >= 0.3 is 0 Å². The molecule has 0 amide bonds. The Balaban J connectivity index is 2.52. The average Bonchev–Trinajstić information content (AvgIpc) is 2.95. The van der Waals surface area contributed by atoms with Crippen molar-refractivity contribution in [3.05, 3.63) is 29.3 Å². The minimum atomic E-state index is 1.04. The molecule has 2 rings (SSSR count). The van der Waals surface area contributed by atoms with Crippen LogP contribution >= 0.6 is 11.3 Å². The summed E-state index contributed by atoms with van der Waals surface area (Å²) in [6, 6.07) is 4.24. The fourth-order valence-corrected chi connectivity index (χ4v) is 2.87. The van der Waals surface area contributed by atoms with Crippen LogP contribution < -0.4 is 5.32 Å². The van der Waals surface area contributed by atoms with E-state index >= 15 is 0 Å². The normalized spacial score (nSPS) is 11.7. The molecule has 3 nitrogen and oxygen atoms in total. The van der Waals surface area contributed by atoms with Crippen LogP contribution in [0.25, 0.3) is 10.6 Å². The van der Waals surface area contributed by atoms with Gasteiger partial charge < -0.3 is 5.32 Å². The van der Waals surface area contributed by atoms with Crippen molar-refractivity contribution in [2.75, 3.05) is 12.4 Å². The van der Waals surface area contributed by atoms with Crippen LogP contribution in [0.5, 0.6) is 0 Å². The second kappa shape index (κ2) is 6.66. The van der Waals surface area contributed by atoms with Crippen molar-refractivity contribution < 1.29 is 0 Å². The lowest BCUT2D eigenvalue weighted by molar-refractivity contribution is 0.987. The standard InChI is InChI=1S/C16H21N3S/c1-5-6-11(2)19-15-10-13(17-4)9-14(12(15)3)16-18-7-8-20-16/h7-10,17H,5-6H2,1-4H3/b19-11-. The van der Waals surface area contributed by atoms with E-state index in [4.69, 9.17) is 4.99 Å². The smallest absolute Gasteiger partial charge is 0.123 e. The zero-order valence-electron chi connectivity index (χ0n) is 12.5. The SMILES string of the molecule is CCC/C(C)=N\c1cc(NC)cc(-c2nccs2)c1C. The number of aromatic nitrogens is 1. The molecule has 0 unspecified atom stereocenters. The molecule has 106 valence electrons. The lowest BCUT2D eigenvalue weighted by atomic mass is 10.1. The van der Waals surface area contributed by atoms with Crippen LogP contribution in [0, 0.1) is 6.92 Å². The summed E-state index contributed by atoms with van der Waals surface area (Å²) in [5.74, 6) is 0. The van der Waals surface area contributed by atoms with E-state index in [1.807, 2.05) is 18.6 Å². The van der Waals surface area contributed by atoms with Gasteiger partial charge in [-0.1, -0.05) is 13.3 Å². The van der Waals surface area contributed by atoms with Crippen LogP contribution in [-0.4, -0.2) is 17.7 Å². The average molecular weight is 287 g/mol. The molecule has 0 saturated carbocycles. The zero-order chi connectivity index (χ0) is 14.5. The second-order valence-corrected chi connectivity index (χ2v) is 5.75. The van der Waals surface area contributed by atoms with E-state index < -0.39 is 0 Å². The summed E-state index contributed by atoms with van der Waals surface area (Å²) in [6.07, 6.45) is 4.01. The van der Waals surface area contributed by atoms with Gasteiger partial charge in [0.25, 0.3) is 0 Å². The molecule has 2 aromatic rings. The minimum Gasteiger partial charge on any atom is -0.388 e. The van der Waals surface area contributed by atoms with Crippen LogP contribution in [0.2, 0.25) is 0 Å². The molecule has 20 heavy (non-hydrogen) atoms. The molecule has 0 spiro atoms. The predicted molar refractivity (Wildman–Crippen MR) is 89.5 cm³/mol. The third-order valence-electron chi connectivity index (χ3n) is 3.25. The van der Waals surface area contributed by atoms with E-state index in [0.29, 0.717) is 0 Å². The third-order valence-corrected chi connectivity index (χ3v) is 4.06. The molecule has 1 aromatic heterocycles. The molecular weight excluding hydrogens is 266 g/mol. The van der Waals surface area contributed by atoms with Gasteiger partial charge in [0.1, 0.15) is 5.01 Å². The first-order chi connectivity index (χ1) is 9.65. The van der Waals surface area contributed by atoms with Crippen LogP contribution in [0.1, 0.15) is 32.3 Å². The van der Waals surface area contributed by atoms with E-state index in [1.165, 1.54) is 11.3 Å². The van der Waals surface area contributed by atoms with Gasteiger partial charge in [-0.3, -0.25) is 4.99 Å². The highest BCUT2D eigenvalue weighted by atomic mass is 32.1. The maximum absolute atomic E-state index is 4.78. The molecule has 0 saturated heterocycles. The number of anilines is 1. The summed E-state index contributed by atoms with van der Waals surface area (Å²) >= 11 is 1.66. The van der Waals surface area contributed by atoms with Crippen LogP contribution in [0.4, 0.5) is 11.4 Å². The highest BCUT2D eigenvalue weighted by Gasteiger charge is 2.10. The molecular formula is C16H21N3S. The van der Waals surface area contributed by atoms with Gasteiger partial charge in [0.15, 0.2) is 0 Å². The van der Waals surface area contributed by atoms with Gasteiger partial charge in [-0.2, -0.15) is 0 Å². The quantitative estimate of drug-likeness (QED) is 0.781. The Morgan fingerprint density at radius 3 is 2.80 bits per heavy atom. The summed E-state index contributed by atoms with van der Waals surface area (Å²) in [4.78, 5) is 9.20. The largest absolute Gasteiger partial charge is 0.388 e. The van der Waals surface area contributed by atoms with Gasteiger partial charge in [-0.15, -0.1) is 11.3 Å². The Labute approximate surface area is 124 Å². The Bertz CT molecular complexity index is 600. The minimum absolute atomic E-state index is 1.04. The number of aliphatic imine (C=N–C) groups is 1. The first-order valence-electron chi connectivity index (χ1n) is 6.92. The fraction of sp³-hybridized carbons (Fsp3) is 0.375. The Hall–Kier alpha value is -1.68. The topological polar surface area (TPSA) is 37.3 Å². The molecule has 1 N–H and O–H groups in total. The lowest BCUT2D eigenvalue weighted by Crippen LogP contribution is -1.94. The van der Waals surface area contributed by atoms with Gasteiger partial charge in [0.2, 0.25) is 0 Å². The second-order valence-electron chi connectivity index (χ2n) is 4.85.